The molecule has 4 aliphatic carbocycles. The third kappa shape index (κ3) is 5.45. The van der Waals surface area contributed by atoms with E-state index in [0.29, 0.717) is 18.3 Å². The topological polar surface area (TPSA) is 55.8 Å². The molecule has 9 atom stereocenters. The molecule has 4 aliphatic rings. The molecular weight excluding hydrogens is 601 g/mol. The van der Waals surface area contributed by atoms with Crippen LogP contribution in [0.2, 0.25) is 0 Å². The molecule has 0 amide bonds. The lowest BCUT2D eigenvalue weighted by molar-refractivity contribution is -0.281. The summed E-state index contributed by atoms with van der Waals surface area (Å²) in [7, 11) is 0.928. The van der Waals surface area contributed by atoms with Crippen LogP contribution in [-0.2, 0) is 19.9 Å². The summed E-state index contributed by atoms with van der Waals surface area (Å²) < 4.78 is 55.1. The molecule has 0 radical (unpaired) electrons. The molecule has 262 valence electrons. The van der Waals surface area contributed by atoms with Crippen molar-refractivity contribution in [2.75, 3.05) is 7.11 Å². The van der Waals surface area contributed by atoms with Crippen LogP contribution in [0.5, 0.6) is 0 Å². The van der Waals surface area contributed by atoms with Gasteiger partial charge in [0.2, 0.25) is 0 Å². The number of allylic oxidation sites excluding steroid dienone is 2. The van der Waals surface area contributed by atoms with Crippen LogP contribution in [0.25, 0.3) is 0 Å². The first-order valence-electron chi connectivity index (χ1n) is 17.8. The number of methoxy groups -OCH3 is 1. The lowest BCUT2D eigenvalue weighted by Gasteiger charge is -2.62. The van der Waals surface area contributed by atoms with Crippen LogP contribution in [0.15, 0.2) is 53.6 Å². The number of esters is 1. The van der Waals surface area contributed by atoms with Crippen LogP contribution in [-0.4, -0.2) is 36.6 Å². The smallest absolute Gasteiger partial charge is 0.432 e. The van der Waals surface area contributed by atoms with Gasteiger partial charge in [0.25, 0.3) is 5.60 Å². The number of alkyl halides is 3. The fourth-order valence-corrected chi connectivity index (χ4v) is 11.3. The molecule has 47 heavy (non-hydrogen) atoms. The molecule has 4 nitrogen and oxygen atoms in total. The zero-order valence-electron chi connectivity index (χ0n) is 29.9. The number of hydrogen-bond acceptors (Lipinski definition) is 4. The molecule has 5 rings (SSSR count). The van der Waals surface area contributed by atoms with E-state index in [9.17, 15) is 23.1 Å². The largest absolute Gasteiger partial charge is 0.459 e. The maximum absolute atomic E-state index is 14.7. The zero-order valence-corrected chi connectivity index (χ0v) is 29.9. The first kappa shape index (κ1) is 36.2. The molecule has 0 spiro atoms. The number of carbonyl (C=O) groups is 1. The second-order valence-electron chi connectivity index (χ2n) is 16.8. The van der Waals surface area contributed by atoms with Gasteiger partial charge in [-0.1, -0.05) is 95.2 Å². The molecule has 7 heteroatoms. The lowest BCUT2D eigenvalue weighted by Crippen LogP contribution is -2.58. The Bertz CT molecular complexity index is 1380. The van der Waals surface area contributed by atoms with E-state index in [1.807, 2.05) is 6.92 Å². The zero-order chi connectivity index (χ0) is 34.8. The lowest BCUT2D eigenvalue weighted by atomic mass is 9.43. The van der Waals surface area contributed by atoms with E-state index in [1.54, 1.807) is 17.2 Å². The molecule has 0 aromatic heterocycles. The van der Waals surface area contributed by atoms with E-state index in [-0.39, 0.29) is 27.7 Å². The number of aliphatic hydroxyl groups is 1. The minimum Gasteiger partial charge on any atom is -0.459 e. The number of rotatable bonds is 9. The number of halogens is 3. The van der Waals surface area contributed by atoms with Crippen molar-refractivity contribution in [3.63, 3.8) is 0 Å². The fraction of sp³-hybridized carbons (Fsp3) is 0.725. The summed E-state index contributed by atoms with van der Waals surface area (Å²) in [6, 6.07) is 7.10. The van der Waals surface area contributed by atoms with Gasteiger partial charge in [-0.15, -0.1) is 0 Å². The van der Waals surface area contributed by atoms with Crippen molar-refractivity contribution < 1.29 is 32.5 Å². The summed E-state index contributed by atoms with van der Waals surface area (Å²) in [5, 5.41) is 10.4. The minimum atomic E-state index is -5.00. The second-order valence-corrected chi connectivity index (χ2v) is 16.8. The van der Waals surface area contributed by atoms with Crippen LogP contribution in [0.1, 0.15) is 118 Å². The highest BCUT2D eigenvalue weighted by Gasteiger charge is 2.67. The Balaban J connectivity index is 1.40. The first-order chi connectivity index (χ1) is 21.8. The Hall–Kier alpha value is -2.12. The minimum absolute atomic E-state index is 0.0958. The van der Waals surface area contributed by atoms with E-state index in [4.69, 9.17) is 9.47 Å². The van der Waals surface area contributed by atoms with Crippen LogP contribution in [0.4, 0.5) is 13.2 Å². The van der Waals surface area contributed by atoms with Crippen molar-refractivity contribution in [3.8, 4) is 0 Å². The van der Waals surface area contributed by atoms with Gasteiger partial charge in [-0.05, 0) is 105 Å². The monoisotopic (exact) mass is 658 g/mol. The Morgan fingerprint density at radius 1 is 0.979 bits per heavy atom. The van der Waals surface area contributed by atoms with Crippen molar-refractivity contribution in [2.24, 2.45) is 39.4 Å². The second kappa shape index (κ2) is 12.3. The molecule has 1 N–H and O–H groups in total. The average Bonchev–Trinajstić information content (AvgIpc) is 3.28. The Kier molecular flexibility index (Phi) is 9.49. The third-order valence-electron chi connectivity index (χ3n) is 14.3. The maximum Gasteiger partial charge on any atom is 0.432 e. The van der Waals surface area contributed by atoms with Crippen LogP contribution in [0.3, 0.4) is 0 Å². The van der Waals surface area contributed by atoms with Crippen LogP contribution in [0, 0.1) is 39.4 Å². The van der Waals surface area contributed by atoms with Gasteiger partial charge in [0.1, 0.15) is 6.10 Å². The number of fused-ring (bicyclic) bond motifs is 4. The summed E-state index contributed by atoms with van der Waals surface area (Å²) in [5.74, 6) is -0.109. The highest BCUT2D eigenvalue weighted by molar-refractivity contribution is 5.83. The van der Waals surface area contributed by atoms with Gasteiger partial charge in [-0.2, -0.15) is 13.2 Å². The quantitative estimate of drug-likeness (QED) is 0.212. The predicted molar refractivity (Wildman–Crippen MR) is 179 cm³/mol. The normalized spacial score (nSPS) is 36.0. The van der Waals surface area contributed by atoms with Gasteiger partial charge in [0, 0.05) is 18.1 Å². The van der Waals surface area contributed by atoms with Gasteiger partial charge in [-0.25, -0.2) is 4.79 Å². The van der Waals surface area contributed by atoms with Crippen molar-refractivity contribution in [1.29, 1.82) is 0 Å². The van der Waals surface area contributed by atoms with Crippen LogP contribution < -0.4 is 0 Å². The average molecular weight is 659 g/mol. The van der Waals surface area contributed by atoms with E-state index < -0.39 is 35.4 Å². The van der Waals surface area contributed by atoms with Crippen molar-refractivity contribution >= 4 is 5.97 Å². The standard InChI is InChI=1S/C40H57F3O4/c1-25(2)31(44)17-15-26(3)28-19-23-38(8)30-16-18-32-35(4,5)33(21-22-36(32,6)29(30)20-24-37(28,38)7)47-34(45)39(46-9,40(41,42)43)27-13-11-10-12-14-27/h10-14,26,28,31-33,44H,1,15-24H2,2-9H3/t26-,28-,31+,32-,33-,36+,37-,38+,39+/m0/s1. The molecule has 0 heterocycles. The van der Waals surface area contributed by atoms with Gasteiger partial charge in [0.15, 0.2) is 0 Å². The summed E-state index contributed by atoms with van der Waals surface area (Å²) >= 11 is 0. The summed E-state index contributed by atoms with van der Waals surface area (Å²) in [5.41, 5.74) is 0.241. The van der Waals surface area contributed by atoms with E-state index in [0.717, 1.165) is 57.6 Å². The number of ether oxygens (including phenoxy) is 2. The van der Waals surface area contributed by atoms with Gasteiger partial charge in [-0.3, -0.25) is 0 Å². The molecule has 0 saturated heterocycles. The van der Waals surface area contributed by atoms with E-state index in [1.165, 1.54) is 37.1 Å². The van der Waals surface area contributed by atoms with Crippen molar-refractivity contribution in [1.82, 2.24) is 0 Å². The molecule has 1 aromatic carbocycles. The molecule has 2 saturated carbocycles. The van der Waals surface area contributed by atoms with Gasteiger partial charge >= 0.3 is 12.1 Å². The fourth-order valence-electron chi connectivity index (χ4n) is 11.3. The SMILES string of the molecule is C=C(C)[C@H](O)CC[C@H](C)[C@@H]1CC[C@]2(C)C3=C(CC[C@@]12C)[C@@]1(C)CC[C@H](OC(=O)[C@](OC)(c2ccccc2)C(F)(F)F)C(C)(C)[C@@H]1CC3. The summed E-state index contributed by atoms with van der Waals surface area (Å²) in [4.78, 5) is 13.7. The Labute approximate surface area is 280 Å². The molecular formula is C40H57F3O4. The maximum atomic E-state index is 14.7. The number of carbonyl (C=O) groups excluding carboxylic acids is 1. The van der Waals surface area contributed by atoms with Gasteiger partial charge in [0.05, 0.1) is 6.10 Å². The molecule has 0 bridgehead atoms. The highest BCUT2D eigenvalue weighted by Crippen LogP contribution is 2.72. The molecule has 0 unspecified atom stereocenters. The van der Waals surface area contributed by atoms with E-state index >= 15 is 0 Å². The Morgan fingerprint density at radius 2 is 1.64 bits per heavy atom. The first-order valence-corrected chi connectivity index (χ1v) is 17.8. The molecule has 0 aliphatic heterocycles. The summed E-state index contributed by atoms with van der Waals surface area (Å²) in [6.07, 6.45) is 3.38. The number of aliphatic hydroxyl groups excluding tert-OH is 1. The number of hydrogen-bond donors (Lipinski definition) is 1. The Morgan fingerprint density at radius 3 is 2.23 bits per heavy atom. The van der Waals surface area contributed by atoms with E-state index in [2.05, 4.69) is 48.1 Å². The molecule has 2 fully saturated rings. The summed E-state index contributed by atoms with van der Waals surface area (Å²) in [6.45, 7) is 19.8. The third-order valence-corrected chi connectivity index (χ3v) is 14.3. The van der Waals surface area contributed by atoms with Crippen LogP contribution >= 0.6 is 0 Å². The number of benzene rings is 1. The molecule has 1 aromatic rings. The van der Waals surface area contributed by atoms with Gasteiger partial charge < -0.3 is 14.6 Å². The van der Waals surface area contributed by atoms with Crippen molar-refractivity contribution in [3.05, 3.63) is 59.2 Å². The van der Waals surface area contributed by atoms with Crippen molar-refractivity contribution in [2.45, 2.75) is 137 Å². The highest BCUT2D eigenvalue weighted by atomic mass is 19.4. The predicted octanol–water partition coefficient (Wildman–Crippen LogP) is 10.1.